The maximum absolute atomic E-state index is 12.6. The summed E-state index contributed by atoms with van der Waals surface area (Å²) in [7, 11) is -3.45. The molecule has 3 rings (SSSR count). The van der Waals surface area contributed by atoms with Gasteiger partial charge in [0.15, 0.2) is 0 Å². The van der Waals surface area contributed by atoms with Gasteiger partial charge in [0, 0.05) is 5.69 Å². The molecule has 2 amide bonds. The molecule has 0 aliphatic rings. The van der Waals surface area contributed by atoms with E-state index in [9.17, 15) is 13.2 Å². The van der Waals surface area contributed by atoms with Gasteiger partial charge in [0.2, 0.25) is 10.0 Å². The summed E-state index contributed by atoms with van der Waals surface area (Å²) in [6.07, 6.45) is 4.89. The molecule has 0 fully saturated rings. The van der Waals surface area contributed by atoms with Crippen LogP contribution in [0.25, 0.3) is 12.2 Å². The number of anilines is 2. The maximum Gasteiger partial charge on any atom is 0.319 e. The molecule has 0 saturated heterocycles. The lowest BCUT2D eigenvalue weighted by molar-refractivity contribution is 0.249. The summed E-state index contributed by atoms with van der Waals surface area (Å²) in [5, 5.41) is 5.81. The Morgan fingerprint density at radius 3 is 2.17 bits per heavy atom. The van der Waals surface area contributed by atoms with Crippen LogP contribution in [0.4, 0.5) is 16.2 Å². The van der Waals surface area contributed by atoms with Crippen LogP contribution in [0.5, 0.6) is 0 Å². The van der Waals surface area contributed by atoms with Crippen LogP contribution in [0.3, 0.4) is 0 Å². The van der Waals surface area contributed by atoms with Crippen molar-refractivity contribution in [1.82, 2.24) is 5.32 Å². The summed E-state index contributed by atoms with van der Waals surface area (Å²) < 4.78 is 26.2. The van der Waals surface area contributed by atoms with Crippen LogP contribution in [-0.2, 0) is 15.4 Å². The van der Waals surface area contributed by atoms with Crippen LogP contribution in [0.15, 0.2) is 72.8 Å². The van der Waals surface area contributed by atoms with Crippen LogP contribution in [0, 0.1) is 0 Å². The number of rotatable bonds is 7. The van der Waals surface area contributed by atoms with Gasteiger partial charge in [-0.25, -0.2) is 13.2 Å². The Hall–Kier alpha value is -3.58. The van der Waals surface area contributed by atoms with Gasteiger partial charge in [0.05, 0.1) is 18.0 Å². The van der Waals surface area contributed by atoms with Gasteiger partial charge in [-0.15, -0.1) is 0 Å². The Labute approximate surface area is 208 Å². The van der Waals surface area contributed by atoms with Gasteiger partial charge in [-0.3, -0.25) is 4.72 Å². The molecule has 0 heterocycles. The van der Waals surface area contributed by atoms with Crippen molar-refractivity contribution in [2.24, 2.45) is 0 Å². The molecule has 7 heteroatoms. The van der Waals surface area contributed by atoms with E-state index in [1.54, 1.807) is 12.1 Å². The molecule has 1 unspecified atom stereocenters. The summed E-state index contributed by atoms with van der Waals surface area (Å²) in [4.78, 5) is 12.6. The quantitative estimate of drug-likeness (QED) is 0.334. The van der Waals surface area contributed by atoms with Crippen LogP contribution in [0.1, 0.15) is 56.0 Å². The Morgan fingerprint density at radius 2 is 1.57 bits per heavy atom. The molecule has 6 nitrogen and oxygen atoms in total. The number of amides is 2. The number of carbonyl (C=O) groups excluding carboxylic acids is 1. The average Bonchev–Trinajstić information content (AvgIpc) is 2.77. The van der Waals surface area contributed by atoms with Gasteiger partial charge in [-0.05, 0) is 58.9 Å². The second-order valence-corrected chi connectivity index (χ2v) is 11.4. The van der Waals surface area contributed by atoms with Gasteiger partial charge < -0.3 is 10.6 Å². The normalized spacial score (nSPS) is 12.8. The van der Waals surface area contributed by atoms with Gasteiger partial charge in [-0.2, -0.15) is 0 Å². The Kier molecular flexibility index (Phi) is 8.02. The predicted octanol–water partition coefficient (Wildman–Crippen LogP) is 6.41. The van der Waals surface area contributed by atoms with Crippen molar-refractivity contribution in [2.45, 2.75) is 39.2 Å². The Balaban J connectivity index is 1.76. The number of hydrogen-bond donors (Lipinski definition) is 3. The van der Waals surface area contributed by atoms with Crippen LogP contribution < -0.4 is 15.4 Å². The third kappa shape index (κ3) is 8.00. The van der Waals surface area contributed by atoms with E-state index in [-0.39, 0.29) is 17.5 Å². The second-order valence-electron chi connectivity index (χ2n) is 9.61. The highest BCUT2D eigenvalue weighted by atomic mass is 32.2. The molecule has 0 aromatic heterocycles. The summed E-state index contributed by atoms with van der Waals surface area (Å²) >= 11 is 0. The zero-order valence-electron chi connectivity index (χ0n) is 20.8. The number of hydrogen-bond acceptors (Lipinski definition) is 3. The predicted molar refractivity (Wildman–Crippen MR) is 146 cm³/mol. The largest absolute Gasteiger partial charge is 0.331 e. The summed E-state index contributed by atoms with van der Waals surface area (Å²) in [5.41, 5.74) is 4.95. The molecule has 0 radical (unpaired) electrons. The van der Waals surface area contributed by atoms with E-state index in [0.717, 1.165) is 17.4 Å². The zero-order chi connectivity index (χ0) is 25.6. The molecule has 35 heavy (non-hydrogen) atoms. The van der Waals surface area contributed by atoms with Gasteiger partial charge in [-0.1, -0.05) is 81.5 Å². The highest BCUT2D eigenvalue weighted by molar-refractivity contribution is 7.92. The Morgan fingerprint density at radius 1 is 0.914 bits per heavy atom. The third-order valence-electron chi connectivity index (χ3n) is 5.48. The van der Waals surface area contributed by atoms with E-state index in [4.69, 9.17) is 0 Å². The molecular formula is C28H33N3O3S. The number of benzene rings is 3. The summed E-state index contributed by atoms with van der Waals surface area (Å²) in [6.45, 7) is 8.31. The smallest absolute Gasteiger partial charge is 0.319 e. The molecule has 184 valence electrons. The minimum absolute atomic E-state index is 0.0418. The Bertz CT molecular complexity index is 1290. The van der Waals surface area contributed by atoms with Crippen molar-refractivity contribution >= 4 is 39.6 Å². The van der Waals surface area contributed by atoms with Crippen molar-refractivity contribution in [3.05, 3.63) is 95.1 Å². The highest BCUT2D eigenvalue weighted by Gasteiger charge is 2.15. The van der Waals surface area contributed by atoms with Gasteiger partial charge in [0.1, 0.15) is 0 Å². The minimum Gasteiger partial charge on any atom is -0.331 e. The summed E-state index contributed by atoms with van der Waals surface area (Å²) in [5.74, 6) is 0. The fraction of sp³-hybridized carbons (Fsp3) is 0.250. The number of nitrogens with one attached hydrogen (secondary N) is 3. The van der Waals surface area contributed by atoms with Crippen LogP contribution in [-0.4, -0.2) is 20.7 Å². The minimum atomic E-state index is -3.45. The molecule has 0 aliphatic heterocycles. The van der Waals surface area contributed by atoms with E-state index in [1.807, 2.05) is 79.7 Å². The van der Waals surface area contributed by atoms with E-state index in [2.05, 4.69) is 36.1 Å². The van der Waals surface area contributed by atoms with Crippen molar-refractivity contribution in [1.29, 1.82) is 0 Å². The lowest BCUT2D eigenvalue weighted by Gasteiger charge is -2.20. The van der Waals surface area contributed by atoms with Crippen molar-refractivity contribution in [3.8, 4) is 0 Å². The SMILES string of the molecule is CC(NC(=O)Nc1ccc(C(C)(C)C)cc1)c1ccc(NS(C)(=O)=O)c(C=Cc2ccccc2)c1. The fourth-order valence-electron chi connectivity index (χ4n) is 3.53. The number of sulfonamides is 1. The molecule has 3 aromatic rings. The number of carbonyl (C=O) groups is 1. The first-order valence-electron chi connectivity index (χ1n) is 11.4. The maximum atomic E-state index is 12.6. The van der Waals surface area contributed by atoms with Crippen LogP contribution >= 0.6 is 0 Å². The van der Waals surface area contributed by atoms with Crippen LogP contribution in [0.2, 0.25) is 0 Å². The molecular weight excluding hydrogens is 458 g/mol. The highest BCUT2D eigenvalue weighted by Crippen LogP contribution is 2.26. The fourth-order valence-corrected chi connectivity index (χ4v) is 4.12. The summed E-state index contributed by atoms with van der Waals surface area (Å²) in [6, 6.07) is 22.3. The van der Waals surface area contributed by atoms with Gasteiger partial charge in [0.25, 0.3) is 0 Å². The molecule has 0 bridgehead atoms. The van der Waals surface area contributed by atoms with Crippen molar-refractivity contribution < 1.29 is 13.2 Å². The second kappa shape index (κ2) is 10.8. The molecule has 1 atom stereocenters. The molecule has 0 spiro atoms. The van der Waals surface area contributed by atoms with Crippen molar-refractivity contribution in [3.63, 3.8) is 0 Å². The van der Waals surface area contributed by atoms with Crippen molar-refractivity contribution in [2.75, 3.05) is 16.3 Å². The lowest BCUT2D eigenvalue weighted by atomic mass is 9.87. The van der Waals surface area contributed by atoms with E-state index in [1.165, 1.54) is 5.56 Å². The molecule has 3 N–H and O–H groups in total. The first-order valence-corrected chi connectivity index (χ1v) is 13.3. The third-order valence-corrected chi connectivity index (χ3v) is 6.07. The lowest BCUT2D eigenvalue weighted by Crippen LogP contribution is -2.31. The van der Waals surface area contributed by atoms with E-state index in [0.29, 0.717) is 16.9 Å². The molecule has 3 aromatic carbocycles. The molecule has 0 saturated carbocycles. The average molecular weight is 492 g/mol. The van der Waals surface area contributed by atoms with E-state index < -0.39 is 10.0 Å². The number of urea groups is 1. The zero-order valence-corrected chi connectivity index (χ0v) is 21.6. The topological polar surface area (TPSA) is 87.3 Å². The first kappa shape index (κ1) is 26.0. The molecule has 0 aliphatic carbocycles. The van der Waals surface area contributed by atoms with Gasteiger partial charge >= 0.3 is 6.03 Å². The first-order chi connectivity index (χ1) is 16.4. The standard InChI is InChI=1S/C28H33N3O3S/c1-20(29-27(32)30-25-16-14-24(15-17-25)28(2,3)4)22-13-18-26(31-35(5,33)34)23(19-22)12-11-21-9-7-6-8-10-21/h6-20,31H,1-5H3,(H2,29,30,32). The van der Waals surface area contributed by atoms with E-state index >= 15 is 0 Å². The monoisotopic (exact) mass is 491 g/mol.